The van der Waals surface area contributed by atoms with Gasteiger partial charge in [-0.05, 0) is 40.5 Å². The summed E-state index contributed by atoms with van der Waals surface area (Å²) in [6, 6.07) is 21.4. The lowest BCUT2D eigenvalue weighted by molar-refractivity contribution is -0.114. The van der Waals surface area contributed by atoms with E-state index in [1.54, 1.807) is 0 Å². The molecule has 33 heavy (non-hydrogen) atoms. The van der Waals surface area contributed by atoms with Gasteiger partial charge in [0.25, 0.3) is 0 Å². The number of carbonyl (C=O) groups excluding carboxylic acids is 1. The molecule has 1 amide bonds. The number of fused-ring (bicyclic) bond motifs is 3. The molecule has 0 atom stereocenters. The number of sulfonamides is 1. The summed E-state index contributed by atoms with van der Waals surface area (Å²) in [7, 11) is -3.69. The van der Waals surface area contributed by atoms with Crippen LogP contribution < -0.4 is 5.32 Å². The fraction of sp³-hybridized carbons (Fsp3) is 0.240. The number of rotatable bonds is 4. The number of amides is 1. The Hall–Kier alpha value is -2.71. The van der Waals surface area contributed by atoms with Crippen molar-refractivity contribution in [3.8, 4) is 11.1 Å². The number of anilines is 1. The van der Waals surface area contributed by atoms with Crippen molar-refractivity contribution in [2.45, 2.75) is 17.9 Å². The first-order chi connectivity index (χ1) is 15.9. The molecule has 1 aliphatic carbocycles. The summed E-state index contributed by atoms with van der Waals surface area (Å²) >= 11 is 6.22. The fourth-order valence-electron chi connectivity index (χ4n) is 4.82. The lowest BCUT2D eigenvalue weighted by Gasteiger charge is -2.38. The lowest BCUT2D eigenvalue weighted by Crippen LogP contribution is -2.49. The highest BCUT2D eigenvalue weighted by atomic mass is 35.5. The van der Waals surface area contributed by atoms with E-state index in [0.29, 0.717) is 31.9 Å². The number of benzene rings is 3. The molecule has 1 heterocycles. The van der Waals surface area contributed by atoms with Crippen LogP contribution in [0.25, 0.3) is 11.1 Å². The number of hydrogen-bond donors (Lipinski definition) is 1. The van der Waals surface area contributed by atoms with Crippen LogP contribution in [-0.4, -0.2) is 49.7 Å². The summed E-state index contributed by atoms with van der Waals surface area (Å²) in [4.78, 5) is 13.8. The second-order valence-electron chi connectivity index (χ2n) is 8.34. The van der Waals surface area contributed by atoms with E-state index in [4.69, 9.17) is 11.6 Å². The molecular weight excluding hydrogens is 458 g/mol. The zero-order valence-corrected chi connectivity index (χ0v) is 19.7. The molecule has 1 aliphatic heterocycles. The average Bonchev–Trinajstić information content (AvgIpc) is 3.15. The van der Waals surface area contributed by atoms with Crippen LogP contribution >= 0.6 is 11.6 Å². The summed E-state index contributed by atoms with van der Waals surface area (Å²) in [6.07, 6.45) is 0. The standard InChI is InChI=1S/C25H24ClN3O3S/c1-17(30)27-24-11-10-18(16-23(24)26)33(31,32)29-14-12-28(13-15-29)25-21-8-4-2-6-19(21)20-7-3-5-9-22(20)25/h2-11,16,25H,12-15H2,1H3,(H,27,30). The molecule has 3 aromatic carbocycles. The zero-order chi connectivity index (χ0) is 23.2. The smallest absolute Gasteiger partial charge is 0.243 e. The van der Waals surface area contributed by atoms with Crippen molar-refractivity contribution in [3.63, 3.8) is 0 Å². The second kappa shape index (κ2) is 8.57. The van der Waals surface area contributed by atoms with Crippen LogP contribution in [-0.2, 0) is 14.8 Å². The highest BCUT2D eigenvalue weighted by Gasteiger charge is 2.36. The van der Waals surface area contributed by atoms with E-state index < -0.39 is 10.0 Å². The third kappa shape index (κ3) is 3.95. The van der Waals surface area contributed by atoms with E-state index >= 15 is 0 Å². The third-order valence-electron chi connectivity index (χ3n) is 6.33. The highest BCUT2D eigenvalue weighted by Crippen LogP contribution is 2.46. The number of piperazine rings is 1. The number of nitrogens with zero attached hydrogens (tertiary/aromatic N) is 2. The van der Waals surface area contributed by atoms with Gasteiger partial charge in [0.15, 0.2) is 0 Å². The SMILES string of the molecule is CC(=O)Nc1ccc(S(=O)(=O)N2CCN(C3c4ccccc4-c4ccccc43)CC2)cc1Cl. The number of carbonyl (C=O) groups is 1. The first-order valence-corrected chi connectivity index (χ1v) is 12.7. The second-order valence-corrected chi connectivity index (χ2v) is 10.7. The van der Waals surface area contributed by atoms with Crippen LogP contribution in [0.2, 0.25) is 5.02 Å². The van der Waals surface area contributed by atoms with E-state index in [-0.39, 0.29) is 21.9 Å². The molecule has 170 valence electrons. The Morgan fingerprint density at radius 3 is 2.03 bits per heavy atom. The summed E-state index contributed by atoms with van der Waals surface area (Å²) in [6.45, 7) is 3.43. The monoisotopic (exact) mass is 481 g/mol. The van der Waals surface area contributed by atoms with Crippen LogP contribution in [0.4, 0.5) is 5.69 Å². The van der Waals surface area contributed by atoms with Crippen molar-refractivity contribution >= 4 is 33.2 Å². The molecule has 0 bridgehead atoms. The van der Waals surface area contributed by atoms with Crippen LogP contribution in [0.5, 0.6) is 0 Å². The van der Waals surface area contributed by atoms with Crippen molar-refractivity contribution in [1.82, 2.24) is 9.21 Å². The van der Waals surface area contributed by atoms with E-state index in [1.165, 1.54) is 51.7 Å². The van der Waals surface area contributed by atoms with Gasteiger partial charge in [-0.3, -0.25) is 9.69 Å². The Labute approximate surface area is 198 Å². The van der Waals surface area contributed by atoms with Crippen molar-refractivity contribution in [2.75, 3.05) is 31.5 Å². The first kappa shape index (κ1) is 22.1. The Balaban J connectivity index is 1.35. The molecule has 0 spiro atoms. The van der Waals surface area contributed by atoms with E-state index in [0.717, 1.165) is 0 Å². The Bertz CT molecular complexity index is 1290. The third-order valence-corrected chi connectivity index (χ3v) is 8.54. The topological polar surface area (TPSA) is 69.7 Å². The number of nitrogens with one attached hydrogen (secondary N) is 1. The van der Waals surface area contributed by atoms with Gasteiger partial charge >= 0.3 is 0 Å². The van der Waals surface area contributed by atoms with Crippen LogP contribution in [0.3, 0.4) is 0 Å². The molecule has 2 aliphatic rings. The summed E-state index contributed by atoms with van der Waals surface area (Å²) in [5.41, 5.74) is 5.45. The van der Waals surface area contributed by atoms with Crippen molar-refractivity contribution < 1.29 is 13.2 Å². The van der Waals surface area contributed by atoms with Crippen molar-refractivity contribution in [3.05, 3.63) is 82.9 Å². The average molecular weight is 482 g/mol. The predicted octanol–water partition coefficient (Wildman–Crippen LogP) is 4.37. The van der Waals surface area contributed by atoms with Crippen LogP contribution in [0.1, 0.15) is 24.1 Å². The maximum atomic E-state index is 13.3. The molecule has 0 unspecified atom stereocenters. The maximum Gasteiger partial charge on any atom is 0.243 e. The van der Waals surface area contributed by atoms with Gasteiger partial charge in [0.1, 0.15) is 0 Å². The van der Waals surface area contributed by atoms with Crippen molar-refractivity contribution in [1.29, 1.82) is 0 Å². The largest absolute Gasteiger partial charge is 0.325 e. The molecule has 0 saturated carbocycles. The molecular formula is C25H24ClN3O3S. The van der Waals surface area contributed by atoms with Crippen LogP contribution in [0.15, 0.2) is 71.6 Å². The maximum absolute atomic E-state index is 13.3. The minimum absolute atomic E-state index is 0.131. The zero-order valence-electron chi connectivity index (χ0n) is 18.2. The van der Waals surface area contributed by atoms with Gasteiger partial charge in [0.2, 0.25) is 15.9 Å². The highest BCUT2D eigenvalue weighted by molar-refractivity contribution is 7.89. The Morgan fingerprint density at radius 2 is 1.48 bits per heavy atom. The van der Waals surface area contributed by atoms with Crippen LogP contribution in [0, 0.1) is 0 Å². The van der Waals surface area contributed by atoms with Gasteiger partial charge < -0.3 is 5.32 Å². The van der Waals surface area contributed by atoms with Gasteiger partial charge in [-0.2, -0.15) is 4.31 Å². The van der Waals surface area contributed by atoms with Crippen molar-refractivity contribution in [2.24, 2.45) is 0 Å². The predicted molar refractivity (Wildman–Crippen MR) is 130 cm³/mol. The molecule has 8 heteroatoms. The minimum atomic E-state index is -3.69. The molecule has 1 fully saturated rings. The molecule has 5 rings (SSSR count). The number of halogens is 1. The van der Waals surface area contributed by atoms with Gasteiger partial charge in [0.05, 0.1) is 21.6 Å². The molecule has 6 nitrogen and oxygen atoms in total. The van der Waals surface area contributed by atoms with E-state index in [1.807, 2.05) is 0 Å². The molecule has 1 N–H and O–H groups in total. The van der Waals surface area contributed by atoms with Gasteiger partial charge in [-0.15, -0.1) is 0 Å². The Morgan fingerprint density at radius 1 is 0.909 bits per heavy atom. The minimum Gasteiger partial charge on any atom is -0.325 e. The molecule has 3 aromatic rings. The quantitative estimate of drug-likeness (QED) is 0.600. The fourth-order valence-corrected chi connectivity index (χ4v) is 6.56. The summed E-state index contributed by atoms with van der Waals surface area (Å²) < 4.78 is 28.0. The molecule has 1 saturated heterocycles. The number of hydrogen-bond acceptors (Lipinski definition) is 4. The van der Waals surface area contributed by atoms with Gasteiger partial charge in [-0.25, -0.2) is 8.42 Å². The first-order valence-electron chi connectivity index (χ1n) is 10.9. The van der Waals surface area contributed by atoms with Gasteiger partial charge in [-0.1, -0.05) is 60.1 Å². The van der Waals surface area contributed by atoms with E-state index in [9.17, 15) is 13.2 Å². The molecule has 0 aromatic heterocycles. The summed E-state index contributed by atoms with van der Waals surface area (Å²) in [5.74, 6) is -0.265. The Kier molecular flexibility index (Phi) is 5.74. The van der Waals surface area contributed by atoms with Gasteiger partial charge in [0, 0.05) is 33.1 Å². The molecule has 0 radical (unpaired) electrons. The lowest BCUT2D eigenvalue weighted by atomic mass is 10.0. The normalized spacial score (nSPS) is 16.9. The summed E-state index contributed by atoms with van der Waals surface area (Å²) in [5, 5.41) is 2.80. The van der Waals surface area contributed by atoms with E-state index in [2.05, 4.69) is 58.7 Å².